The van der Waals surface area contributed by atoms with E-state index >= 15 is 0 Å². The molecule has 7 nitrogen and oxygen atoms in total. The molecule has 0 amide bonds. The quantitative estimate of drug-likeness (QED) is 0.504. The Morgan fingerprint density at radius 3 is 2.69 bits per heavy atom. The third-order valence-electron chi connectivity index (χ3n) is 4.69. The normalized spacial score (nSPS) is 12.5. The van der Waals surface area contributed by atoms with E-state index in [1.54, 1.807) is 6.33 Å². The maximum atomic E-state index is 6.30. The Kier molecular flexibility index (Phi) is 4.61. The highest BCUT2D eigenvalue weighted by Gasteiger charge is 2.15. The Morgan fingerprint density at radius 2 is 1.83 bits per heavy atom. The second-order valence-electron chi connectivity index (χ2n) is 6.51. The lowest BCUT2D eigenvalue weighted by Gasteiger charge is -2.09. The summed E-state index contributed by atoms with van der Waals surface area (Å²) < 4.78 is 12.7. The molecular formula is C20H15Cl2N5O2. The minimum Gasteiger partial charge on any atom is -0.454 e. The summed E-state index contributed by atoms with van der Waals surface area (Å²) in [6.45, 7) is 1.28. The Hall–Kier alpha value is -3.03. The summed E-state index contributed by atoms with van der Waals surface area (Å²) in [6.07, 6.45) is 3.22. The zero-order chi connectivity index (χ0) is 19.8. The van der Waals surface area contributed by atoms with Crippen LogP contribution in [0, 0.1) is 0 Å². The van der Waals surface area contributed by atoms with Gasteiger partial charge in [-0.3, -0.25) is 0 Å². The SMILES string of the molecule is Clc1cccc(Cl)c1Cn1cnc2c(NCc3ccc4c(c3)OCO4)ncnc21. The van der Waals surface area contributed by atoms with E-state index in [0.717, 1.165) is 22.6 Å². The van der Waals surface area contributed by atoms with E-state index in [-0.39, 0.29) is 6.79 Å². The van der Waals surface area contributed by atoms with Crippen LogP contribution < -0.4 is 14.8 Å². The maximum absolute atomic E-state index is 6.30. The van der Waals surface area contributed by atoms with Gasteiger partial charge in [0, 0.05) is 22.2 Å². The van der Waals surface area contributed by atoms with Crippen molar-refractivity contribution in [3.63, 3.8) is 0 Å². The van der Waals surface area contributed by atoms with Gasteiger partial charge < -0.3 is 19.4 Å². The van der Waals surface area contributed by atoms with E-state index in [1.807, 2.05) is 41.0 Å². The van der Waals surface area contributed by atoms with Crippen LogP contribution in [0.3, 0.4) is 0 Å². The monoisotopic (exact) mass is 427 g/mol. The first-order valence-corrected chi connectivity index (χ1v) is 9.66. The fraction of sp³-hybridized carbons (Fsp3) is 0.150. The third kappa shape index (κ3) is 3.43. The number of nitrogens with one attached hydrogen (secondary N) is 1. The van der Waals surface area contributed by atoms with Gasteiger partial charge in [-0.25, -0.2) is 15.0 Å². The van der Waals surface area contributed by atoms with Gasteiger partial charge in [-0.2, -0.15) is 0 Å². The zero-order valence-corrected chi connectivity index (χ0v) is 16.6. The summed E-state index contributed by atoms with van der Waals surface area (Å²) in [4.78, 5) is 13.2. The number of imidazole rings is 1. The van der Waals surface area contributed by atoms with Crippen molar-refractivity contribution < 1.29 is 9.47 Å². The summed E-state index contributed by atoms with van der Waals surface area (Å²) in [7, 11) is 0. The molecule has 4 aromatic rings. The van der Waals surface area contributed by atoms with E-state index in [1.165, 1.54) is 6.33 Å². The Balaban J connectivity index is 1.40. The minimum atomic E-state index is 0.256. The number of hydrogen-bond acceptors (Lipinski definition) is 6. The minimum absolute atomic E-state index is 0.256. The molecule has 3 heterocycles. The second kappa shape index (κ2) is 7.42. The van der Waals surface area contributed by atoms with Crippen molar-refractivity contribution in [3.05, 3.63) is 70.2 Å². The van der Waals surface area contributed by atoms with Crippen LogP contribution in [-0.2, 0) is 13.1 Å². The second-order valence-corrected chi connectivity index (χ2v) is 7.32. The molecule has 0 saturated carbocycles. The Bertz CT molecular complexity index is 1190. The highest BCUT2D eigenvalue weighted by molar-refractivity contribution is 6.36. The lowest BCUT2D eigenvalue weighted by molar-refractivity contribution is 0.174. The highest BCUT2D eigenvalue weighted by atomic mass is 35.5. The summed E-state index contributed by atoms with van der Waals surface area (Å²) in [6, 6.07) is 11.3. The van der Waals surface area contributed by atoms with Gasteiger partial charge >= 0.3 is 0 Å². The van der Waals surface area contributed by atoms with E-state index in [2.05, 4.69) is 20.3 Å². The first-order chi connectivity index (χ1) is 14.2. The molecule has 2 aromatic heterocycles. The van der Waals surface area contributed by atoms with Crippen molar-refractivity contribution >= 4 is 40.2 Å². The first-order valence-electron chi connectivity index (χ1n) is 8.90. The molecule has 0 radical (unpaired) electrons. The van der Waals surface area contributed by atoms with Crippen LogP contribution in [0.15, 0.2) is 49.1 Å². The largest absolute Gasteiger partial charge is 0.454 e. The summed E-state index contributed by atoms with van der Waals surface area (Å²) in [5, 5.41) is 4.53. The molecule has 0 fully saturated rings. The standard InChI is InChI=1S/C20H15Cl2N5O2/c21-14-2-1-3-15(22)13(14)8-27-10-26-18-19(24-9-25-20(18)27)23-7-12-4-5-16-17(6-12)29-11-28-16/h1-6,9-10H,7-8,11H2,(H,23,24,25). The average molecular weight is 428 g/mol. The van der Waals surface area contributed by atoms with Crippen LogP contribution in [0.4, 0.5) is 5.82 Å². The predicted octanol–water partition coefficient (Wildman–Crippen LogP) is 4.52. The molecule has 146 valence electrons. The molecule has 2 aromatic carbocycles. The van der Waals surface area contributed by atoms with Crippen LogP contribution in [0.1, 0.15) is 11.1 Å². The molecule has 5 rings (SSSR count). The van der Waals surface area contributed by atoms with E-state index in [0.29, 0.717) is 40.1 Å². The van der Waals surface area contributed by atoms with Gasteiger partial charge in [0.1, 0.15) is 11.8 Å². The molecule has 29 heavy (non-hydrogen) atoms. The van der Waals surface area contributed by atoms with Crippen LogP contribution in [0.25, 0.3) is 11.2 Å². The average Bonchev–Trinajstić information content (AvgIpc) is 3.36. The van der Waals surface area contributed by atoms with Crippen molar-refractivity contribution in [1.82, 2.24) is 19.5 Å². The van der Waals surface area contributed by atoms with Gasteiger partial charge in [0.15, 0.2) is 23.0 Å². The fourth-order valence-corrected chi connectivity index (χ4v) is 3.73. The van der Waals surface area contributed by atoms with Crippen LogP contribution in [0.2, 0.25) is 10.0 Å². The van der Waals surface area contributed by atoms with Crippen molar-refractivity contribution in [1.29, 1.82) is 0 Å². The summed E-state index contributed by atoms with van der Waals surface area (Å²) in [5.41, 5.74) is 3.24. The van der Waals surface area contributed by atoms with E-state index in [9.17, 15) is 0 Å². The van der Waals surface area contributed by atoms with Gasteiger partial charge in [0.25, 0.3) is 0 Å². The number of nitrogens with zero attached hydrogens (tertiary/aromatic N) is 4. The van der Waals surface area contributed by atoms with Crippen molar-refractivity contribution in [2.45, 2.75) is 13.1 Å². The number of aromatic nitrogens is 4. The van der Waals surface area contributed by atoms with Gasteiger partial charge in [-0.1, -0.05) is 35.3 Å². The smallest absolute Gasteiger partial charge is 0.231 e. The molecule has 0 atom stereocenters. The number of halogens is 2. The molecule has 0 aliphatic carbocycles. The predicted molar refractivity (Wildman–Crippen MR) is 111 cm³/mol. The number of rotatable bonds is 5. The zero-order valence-electron chi connectivity index (χ0n) is 15.1. The Morgan fingerprint density at radius 1 is 1.00 bits per heavy atom. The maximum Gasteiger partial charge on any atom is 0.231 e. The Labute approximate surface area is 176 Å². The lowest BCUT2D eigenvalue weighted by Crippen LogP contribution is -2.04. The number of fused-ring (bicyclic) bond motifs is 2. The molecule has 0 bridgehead atoms. The molecule has 0 spiro atoms. The van der Waals surface area contributed by atoms with Gasteiger partial charge in [-0.15, -0.1) is 0 Å². The lowest BCUT2D eigenvalue weighted by atomic mass is 10.2. The van der Waals surface area contributed by atoms with E-state index in [4.69, 9.17) is 32.7 Å². The molecule has 0 saturated heterocycles. The topological polar surface area (TPSA) is 74.1 Å². The van der Waals surface area contributed by atoms with Crippen molar-refractivity contribution in [3.8, 4) is 11.5 Å². The van der Waals surface area contributed by atoms with Crippen LogP contribution in [0.5, 0.6) is 11.5 Å². The molecular weight excluding hydrogens is 413 g/mol. The van der Waals surface area contributed by atoms with Gasteiger partial charge in [0.05, 0.1) is 12.9 Å². The van der Waals surface area contributed by atoms with Crippen molar-refractivity contribution in [2.24, 2.45) is 0 Å². The van der Waals surface area contributed by atoms with Crippen LogP contribution >= 0.6 is 23.2 Å². The van der Waals surface area contributed by atoms with Crippen LogP contribution in [-0.4, -0.2) is 26.3 Å². The van der Waals surface area contributed by atoms with E-state index < -0.39 is 0 Å². The molecule has 1 aliphatic rings. The fourth-order valence-electron chi connectivity index (χ4n) is 3.22. The summed E-state index contributed by atoms with van der Waals surface area (Å²) >= 11 is 12.6. The molecule has 1 aliphatic heterocycles. The molecule has 9 heteroatoms. The highest BCUT2D eigenvalue weighted by Crippen LogP contribution is 2.33. The van der Waals surface area contributed by atoms with Crippen molar-refractivity contribution in [2.75, 3.05) is 12.1 Å². The van der Waals surface area contributed by atoms with Gasteiger partial charge in [0.2, 0.25) is 6.79 Å². The van der Waals surface area contributed by atoms with Gasteiger partial charge in [-0.05, 0) is 29.8 Å². The number of anilines is 1. The number of hydrogen-bond donors (Lipinski definition) is 1. The number of ether oxygens (including phenoxy) is 2. The third-order valence-corrected chi connectivity index (χ3v) is 5.40. The molecule has 1 N–H and O–H groups in total. The summed E-state index contributed by atoms with van der Waals surface area (Å²) in [5.74, 6) is 2.16. The molecule has 0 unspecified atom stereocenters. The number of benzene rings is 2. The first kappa shape index (κ1) is 18.0.